The normalized spacial score (nSPS) is 11.0. The monoisotopic (exact) mass is 417 g/mol. The fraction of sp³-hybridized carbons (Fsp3) is 0. The van der Waals surface area contributed by atoms with E-state index < -0.39 is 4.92 Å². The molecule has 0 saturated carbocycles. The van der Waals surface area contributed by atoms with Gasteiger partial charge in [-0.3, -0.25) is 15.5 Å². The first-order valence-electron chi connectivity index (χ1n) is 9.05. The second-order valence-corrected chi connectivity index (χ2v) is 6.83. The van der Waals surface area contributed by atoms with Crippen LogP contribution >= 0.6 is 11.6 Å². The molecular formula is C22H16ClN5O2. The largest absolute Gasteiger partial charge is 0.279 e. The summed E-state index contributed by atoms with van der Waals surface area (Å²) >= 11 is 5.90. The van der Waals surface area contributed by atoms with E-state index in [2.05, 4.69) is 15.6 Å². The van der Waals surface area contributed by atoms with Crippen molar-refractivity contribution in [3.63, 3.8) is 0 Å². The number of hydrogen-bond donors (Lipinski definition) is 1. The van der Waals surface area contributed by atoms with Crippen LogP contribution in [0, 0.1) is 10.1 Å². The zero-order chi connectivity index (χ0) is 20.9. The van der Waals surface area contributed by atoms with Crippen molar-refractivity contribution in [2.75, 3.05) is 5.43 Å². The average molecular weight is 418 g/mol. The summed E-state index contributed by atoms with van der Waals surface area (Å²) in [6.07, 6.45) is 3.52. The molecule has 0 spiro atoms. The van der Waals surface area contributed by atoms with Crippen LogP contribution in [0.4, 0.5) is 11.4 Å². The number of nitrogens with one attached hydrogen (secondary N) is 1. The second kappa shape index (κ2) is 8.59. The number of nitro benzene ring substituents is 1. The molecule has 4 aromatic rings. The van der Waals surface area contributed by atoms with Gasteiger partial charge in [-0.25, -0.2) is 4.68 Å². The molecule has 0 amide bonds. The molecule has 3 aromatic carbocycles. The molecule has 0 bridgehead atoms. The lowest BCUT2D eigenvalue weighted by Crippen LogP contribution is -1.95. The van der Waals surface area contributed by atoms with Crippen LogP contribution in [-0.2, 0) is 0 Å². The minimum atomic E-state index is -0.428. The Morgan fingerprint density at radius 2 is 1.70 bits per heavy atom. The van der Waals surface area contributed by atoms with Gasteiger partial charge in [-0.1, -0.05) is 41.9 Å². The van der Waals surface area contributed by atoms with Gasteiger partial charge in [-0.05, 0) is 36.4 Å². The van der Waals surface area contributed by atoms with Gasteiger partial charge in [0.1, 0.15) is 5.69 Å². The van der Waals surface area contributed by atoms with Gasteiger partial charge in [0, 0.05) is 34.5 Å². The Kier molecular flexibility index (Phi) is 5.54. The molecule has 0 unspecified atom stereocenters. The first-order chi connectivity index (χ1) is 14.6. The first-order valence-corrected chi connectivity index (χ1v) is 9.42. The third kappa shape index (κ3) is 4.37. The van der Waals surface area contributed by atoms with E-state index in [-0.39, 0.29) is 5.69 Å². The van der Waals surface area contributed by atoms with Crippen molar-refractivity contribution < 1.29 is 4.92 Å². The van der Waals surface area contributed by atoms with Crippen LogP contribution in [0.3, 0.4) is 0 Å². The van der Waals surface area contributed by atoms with Gasteiger partial charge in [-0.15, -0.1) is 0 Å². The minimum Gasteiger partial charge on any atom is -0.279 e. The van der Waals surface area contributed by atoms with E-state index in [1.165, 1.54) is 12.1 Å². The number of aromatic nitrogens is 2. The Morgan fingerprint density at radius 3 is 2.37 bits per heavy atom. The smallest absolute Gasteiger partial charge is 0.269 e. The highest BCUT2D eigenvalue weighted by Crippen LogP contribution is 2.23. The summed E-state index contributed by atoms with van der Waals surface area (Å²) < 4.78 is 1.68. The summed E-state index contributed by atoms with van der Waals surface area (Å²) in [7, 11) is 0. The number of rotatable bonds is 6. The van der Waals surface area contributed by atoms with Gasteiger partial charge >= 0.3 is 0 Å². The Morgan fingerprint density at radius 1 is 1.00 bits per heavy atom. The molecule has 0 saturated heterocycles. The summed E-state index contributed by atoms with van der Waals surface area (Å²) in [5, 5.41) is 20.5. The van der Waals surface area contributed by atoms with Crippen LogP contribution in [-0.4, -0.2) is 20.9 Å². The minimum absolute atomic E-state index is 0.0307. The lowest BCUT2D eigenvalue weighted by Gasteiger charge is -2.01. The lowest BCUT2D eigenvalue weighted by molar-refractivity contribution is -0.384. The number of nitrogens with zero attached hydrogens (tertiary/aromatic N) is 4. The average Bonchev–Trinajstić information content (AvgIpc) is 3.20. The van der Waals surface area contributed by atoms with Crippen molar-refractivity contribution in [3.8, 4) is 16.9 Å². The van der Waals surface area contributed by atoms with Gasteiger partial charge in [0.2, 0.25) is 0 Å². The summed E-state index contributed by atoms with van der Waals surface area (Å²) in [6.45, 7) is 0. The number of nitro groups is 1. The summed E-state index contributed by atoms with van der Waals surface area (Å²) in [6, 6.07) is 23.2. The topological polar surface area (TPSA) is 85.3 Å². The van der Waals surface area contributed by atoms with Crippen molar-refractivity contribution in [2.45, 2.75) is 0 Å². The molecule has 0 radical (unpaired) electrons. The number of non-ortho nitro benzene ring substituents is 1. The van der Waals surface area contributed by atoms with Crippen molar-refractivity contribution in [3.05, 3.63) is 106 Å². The van der Waals surface area contributed by atoms with Crippen molar-refractivity contribution >= 4 is 29.2 Å². The highest BCUT2D eigenvalue weighted by molar-refractivity contribution is 6.30. The second-order valence-electron chi connectivity index (χ2n) is 6.39. The van der Waals surface area contributed by atoms with Gasteiger partial charge in [0.15, 0.2) is 0 Å². The molecule has 1 N–H and O–H groups in total. The summed E-state index contributed by atoms with van der Waals surface area (Å²) in [5.41, 5.74) is 6.99. The molecule has 0 aliphatic rings. The molecule has 1 heterocycles. The van der Waals surface area contributed by atoms with Crippen molar-refractivity contribution in [1.29, 1.82) is 0 Å². The molecule has 4 rings (SSSR count). The zero-order valence-electron chi connectivity index (χ0n) is 15.6. The van der Waals surface area contributed by atoms with E-state index in [4.69, 9.17) is 11.6 Å². The molecule has 0 fully saturated rings. The summed E-state index contributed by atoms with van der Waals surface area (Å²) in [4.78, 5) is 10.5. The van der Waals surface area contributed by atoms with Gasteiger partial charge in [0.05, 0.1) is 22.5 Å². The Labute approximate surface area is 177 Å². The van der Waals surface area contributed by atoms with Crippen LogP contribution in [0.5, 0.6) is 0 Å². The van der Waals surface area contributed by atoms with E-state index >= 15 is 0 Å². The number of hydrogen-bond acceptors (Lipinski definition) is 5. The molecule has 0 aliphatic carbocycles. The Bertz CT molecular complexity index is 1190. The van der Waals surface area contributed by atoms with Crippen LogP contribution < -0.4 is 5.43 Å². The molecule has 8 heteroatoms. The standard InChI is InChI=1S/C22H16ClN5O2/c23-18-6-8-19(9-7-18)25-24-14-17-15-27(20-10-12-21(13-11-20)28(29)30)26-22(17)16-4-2-1-3-5-16/h1-15,25H/b24-14+. The maximum atomic E-state index is 10.9. The van der Waals surface area contributed by atoms with E-state index in [0.29, 0.717) is 10.7 Å². The van der Waals surface area contributed by atoms with Gasteiger partial charge < -0.3 is 0 Å². The molecule has 0 atom stereocenters. The molecule has 0 aliphatic heterocycles. The zero-order valence-corrected chi connectivity index (χ0v) is 16.4. The Hall–Kier alpha value is -3.97. The number of hydrazone groups is 1. The first kappa shape index (κ1) is 19.4. The quantitative estimate of drug-likeness (QED) is 0.253. The van der Waals surface area contributed by atoms with Crippen molar-refractivity contribution in [2.24, 2.45) is 5.10 Å². The molecule has 30 heavy (non-hydrogen) atoms. The van der Waals surface area contributed by atoms with Crippen LogP contribution in [0.25, 0.3) is 16.9 Å². The molecular weight excluding hydrogens is 402 g/mol. The fourth-order valence-corrected chi connectivity index (χ4v) is 2.99. The maximum absolute atomic E-state index is 10.9. The third-order valence-corrected chi connectivity index (χ3v) is 4.61. The third-order valence-electron chi connectivity index (χ3n) is 4.36. The SMILES string of the molecule is O=[N+]([O-])c1ccc(-n2cc(/C=N/Nc3ccc(Cl)cc3)c(-c3ccccc3)n2)cc1. The predicted molar refractivity (Wildman–Crippen MR) is 118 cm³/mol. The van der Waals surface area contributed by atoms with Gasteiger partial charge in [0.25, 0.3) is 5.69 Å². The highest BCUT2D eigenvalue weighted by atomic mass is 35.5. The van der Waals surface area contributed by atoms with E-state index in [1.807, 2.05) is 48.7 Å². The number of benzene rings is 3. The van der Waals surface area contributed by atoms with Gasteiger partial charge in [-0.2, -0.15) is 10.2 Å². The fourth-order valence-electron chi connectivity index (χ4n) is 2.86. The molecule has 1 aromatic heterocycles. The number of anilines is 1. The van der Waals surface area contributed by atoms with Crippen LogP contribution in [0.15, 0.2) is 90.2 Å². The van der Waals surface area contributed by atoms with Crippen LogP contribution in [0.1, 0.15) is 5.56 Å². The Balaban J connectivity index is 1.66. The number of halogens is 1. The predicted octanol–water partition coefficient (Wildman–Crippen LogP) is 5.55. The maximum Gasteiger partial charge on any atom is 0.269 e. The van der Waals surface area contributed by atoms with Crippen molar-refractivity contribution in [1.82, 2.24) is 9.78 Å². The lowest BCUT2D eigenvalue weighted by atomic mass is 10.1. The van der Waals surface area contributed by atoms with E-state index in [9.17, 15) is 10.1 Å². The van der Waals surface area contributed by atoms with E-state index in [1.54, 1.807) is 35.2 Å². The summed E-state index contributed by atoms with van der Waals surface area (Å²) in [5.74, 6) is 0. The highest BCUT2D eigenvalue weighted by Gasteiger charge is 2.12. The van der Waals surface area contributed by atoms with Crippen LogP contribution in [0.2, 0.25) is 5.02 Å². The van der Waals surface area contributed by atoms with E-state index in [0.717, 1.165) is 22.5 Å². The molecule has 148 valence electrons. The molecule has 7 nitrogen and oxygen atoms in total.